The molecule has 0 spiro atoms. The zero-order valence-electron chi connectivity index (χ0n) is 22.1. The molecular formula is C28H37N3O5. The summed E-state index contributed by atoms with van der Waals surface area (Å²) in [6.07, 6.45) is 1.90. The molecule has 8 heteroatoms. The van der Waals surface area contributed by atoms with Crippen molar-refractivity contribution in [2.45, 2.75) is 32.7 Å². The number of phenolic OH excluding ortho intramolecular Hbond substituents is 1. The highest BCUT2D eigenvalue weighted by Crippen LogP contribution is 2.37. The van der Waals surface area contributed by atoms with Crippen LogP contribution in [0.2, 0.25) is 0 Å². The van der Waals surface area contributed by atoms with E-state index in [0.29, 0.717) is 43.3 Å². The predicted octanol–water partition coefficient (Wildman–Crippen LogP) is 3.81. The minimum atomic E-state index is -0.250. The average Bonchev–Trinajstić information content (AvgIpc) is 2.85. The maximum absolute atomic E-state index is 13.5. The number of nitrogens with zero attached hydrogens (tertiary/aromatic N) is 3. The predicted molar refractivity (Wildman–Crippen MR) is 141 cm³/mol. The number of anilines is 1. The Morgan fingerprint density at radius 2 is 1.86 bits per heavy atom. The van der Waals surface area contributed by atoms with E-state index in [0.717, 1.165) is 23.2 Å². The number of fused-ring (bicyclic) bond motifs is 1. The number of amides is 2. The molecule has 2 aromatic carbocycles. The number of methoxy groups -OCH3 is 1. The van der Waals surface area contributed by atoms with Crippen molar-refractivity contribution >= 4 is 17.5 Å². The van der Waals surface area contributed by atoms with Crippen LogP contribution in [0.1, 0.15) is 46.8 Å². The van der Waals surface area contributed by atoms with Crippen LogP contribution in [0, 0.1) is 0 Å². The smallest absolute Gasteiger partial charge is 0.257 e. The number of ether oxygens (including phenoxy) is 2. The Morgan fingerprint density at radius 1 is 1.14 bits per heavy atom. The number of likely N-dealkylation sites (N-methyl/N-ethyl adjacent to an activating group) is 2. The lowest BCUT2D eigenvalue weighted by molar-refractivity contribution is -0.113. The minimum absolute atomic E-state index is 0.103. The number of hydrogen-bond acceptors (Lipinski definition) is 6. The number of carbonyl (C=O) groups excluding carboxylic acids is 2. The van der Waals surface area contributed by atoms with Crippen LogP contribution < -0.4 is 14.4 Å². The molecule has 36 heavy (non-hydrogen) atoms. The fourth-order valence-corrected chi connectivity index (χ4v) is 4.27. The first-order valence-corrected chi connectivity index (χ1v) is 12.1. The van der Waals surface area contributed by atoms with Gasteiger partial charge in [0.1, 0.15) is 23.9 Å². The van der Waals surface area contributed by atoms with Gasteiger partial charge >= 0.3 is 0 Å². The molecule has 1 aliphatic heterocycles. The summed E-state index contributed by atoms with van der Waals surface area (Å²) in [5, 5.41) is 10.6. The third kappa shape index (κ3) is 5.82. The average molecular weight is 496 g/mol. The van der Waals surface area contributed by atoms with Crippen LogP contribution in [0.15, 0.2) is 36.9 Å². The highest BCUT2D eigenvalue weighted by molar-refractivity contribution is 6.02. The zero-order valence-corrected chi connectivity index (χ0v) is 22.1. The molecule has 0 bridgehead atoms. The van der Waals surface area contributed by atoms with Gasteiger partial charge in [-0.3, -0.25) is 9.59 Å². The number of hydrogen-bond donors (Lipinski definition) is 1. The van der Waals surface area contributed by atoms with Crippen molar-refractivity contribution in [2.75, 3.05) is 52.8 Å². The van der Waals surface area contributed by atoms with E-state index in [1.165, 1.54) is 17.0 Å². The Balaban J connectivity index is 1.93. The molecule has 0 unspecified atom stereocenters. The molecule has 2 aromatic rings. The molecule has 0 aromatic heterocycles. The van der Waals surface area contributed by atoms with Gasteiger partial charge in [-0.1, -0.05) is 20.4 Å². The van der Waals surface area contributed by atoms with Crippen molar-refractivity contribution < 1.29 is 24.2 Å². The van der Waals surface area contributed by atoms with Gasteiger partial charge in [-0.2, -0.15) is 0 Å². The summed E-state index contributed by atoms with van der Waals surface area (Å²) >= 11 is 0. The van der Waals surface area contributed by atoms with E-state index in [-0.39, 0.29) is 29.0 Å². The Morgan fingerprint density at radius 3 is 2.47 bits per heavy atom. The first-order valence-electron chi connectivity index (χ1n) is 12.1. The molecule has 2 amide bonds. The van der Waals surface area contributed by atoms with Gasteiger partial charge in [-0.25, -0.2) is 0 Å². The fourth-order valence-electron chi connectivity index (χ4n) is 4.27. The second-order valence-electron chi connectivity index (χ2n) is 9.58. The number of phenols is 1. The van der Waals surface area contributed by atoms with Crippen molar-refractivity contribution in [3.63, 3.8) is 0 Å². The van der Waals surface area contributed by atoms with E-state index in [2.05, 4.69) is 6.58 Å². The maximum Gasteiger partial charge on any atom is 0.257 e. The molecule has 0 saturated carbocycles. The molecule has 3 rings (SSSR count). The van der Waals surface area contributed by atoms with Gasteiger partial charge in [0.2, 0.25) is 5.91 Å². The molecule has 0 atom stereocenters. The summed E-state index contributed by atoms with van der Waals surface area (Å²) in [6, 6.07) is 7.11. The monoisotopic (exact) mass is 495 g/mol. The third-order valence-electron chi connectivity index (χ3n) is 6.44. The second kappa shape index (κ2) is 11.5. The van der Waals surface area contributed by atoms with Crippen LogP contribution in [0.4, 0.5) is 5.69 Å². The fraction of sp³-hybridized carbons (Fsp3) is 0.429. The maximum atomic E-state index is 13.5. The molecule has 194 valence electrons. The molecule has 8 nitrogen and oxygen atoms in total. The third-order valence-corrected chi connectivity index (χ3v) is 6.44. The Hall–Kier alpha value is -3.52. The summed E-state index contributed by atoms with van der Waals surface area (Å²) in [5.41, 5.74) is 3.75. The summed E-state index contributed by atoms with van der Waals surface area (Å²) < 4.78 is 11.4. The molecule has 1 aliphatic rings. The van der Waals surface area contributed by atoms with Crippen LogP contribution in [0.3, 0.4) is 0 Å². The van der Waals surface area contributed by atoms with Gasteiger partial charge in [-0.05, 0) is 67.4 Å². The van der Waals surface area contributed by atoms with Crippen molar-refractivity contribution in [1.82, 2.24) is 9.80 Å². The van der Waals surface area contributed by atoms with Gasteiger partial charge in [-0.15, -0.1) is 0 Å². The number of benzene rings is 2. The quantitative estimate of drug-likeness (QED) is 0.533. The Bertz CT molecular complexity index is 1140. The minimum Gasteiger partial charge on any atom is -0.507 e. The van der Waals surface area contributed by atoms with E-state index >= 15 is 0 Å². The largest absolute Gasteiger partial charge is 0.507 e. The van der Waals surface area contributed by atoms with E-state index < -0.39 is 0 Å². The van der Waals surface area contributed by atoms with Crippen LogP contribution in [0.25, 0.3) is 0 Å². The standard InChI is InChI=1S/C28H37N3O5/c1-8-27(33)30(6)23-13-20-17-31(10-9-19(20)14-26(23)36-12-11-29(4)5)28(34)22-15-21(18(2)3)25(35-7)16-24(22)32/h8,13-16,18,32H,1,9-12,17H2,2-7H3. The van der Waals surface area contributed by atoms with E-state index in [1.807, 2.05) is 45.0 Å². The number of carbonyl (C=O) groups is 2. The van der Waals surface area contributed by atoms with Crippen LogP contribution in [-0.4, -0.2) is 74.7 Å². The first-order chi connectivity index (χ1) is 17.1. The molecule has 0 saturated heterocycles. The number of rotatable bonds is 9. The first kappa shape index (κ1) is 27.1. The molecule has 0 fully saturated rings. The summed E-state index contributed by atoms with van der Waals surface area (Å²) in [6.45, 7) is 9.71. The molecule has 1 heterocycles. The lowest BCUT2D eigenvalue weighted by atomic mass is 9.95. The van der Waals surface area contributed by atoms with E-state index in [9.17, 15) is 14.7 Å². The summed E-state index contributed by atoms with van der Waals surface area (Å²) in [7, 11) is 7.18. The topological polar surface area (TPSA) is 82.6 Å². The van der Waals surface area contributed by atoms with E-state index in [1.54, 1.807) is 25.1 Å². The Labute approximate surface area is 213 Å². The van der Waals surface area contributed by atoms with Gasteiger partial charge < -0.3 is 29.3 Å². The van der Waals surface area contributed by atoms with Gasteiger partial charge in [0.25, 0.3) is 5.91 Å². The molecular weight excluding hydrogens is 458 g/mol. The van der Waals surface area contributed by atoms with Crippen LogP contribution >= 0.6 is 0 Å². The van der Waals surface area contributed by atoms with Crippen molar-refractivity contribution in [3.05, 3.63) is 59.2 Å². The summed E-state index contributed by atoms with van der Waals surface area (Å²) in [4.78, 5) is 31.1. The van der Waals surface area contributed by atoms with Crippen molar-refractivity contribution in [2.24, 2.45) is 0 Å². The van der Waals surface area contributed by atoms with E-state index in [4.69, 9.17) is 9.47 Å². The SMILES string of the molecule is C=CC(=O)N(C)c1cc2c(cc1OCCN(C)C)CCN(C(=O)c1cc(C(C)C)c(OC)cc1O)C2. The van der Waals surface area contributed by atoms with Crippen molar-refractivity contribution in [3.8, 4) is 17.2 Å². The zero-order chi connectivity index (χ0) is 26.6. The van der Waals surface area contributed by atoms with Crippen molar-refractivity contribution in [1.29, 1.82) is 0 Å². The highest BCUT2D eigenvalue weighted by Gasteiger charge is 2.27. The lowest BCUT2D eigenvalue weighted by Crippen LogP contribution is -2.36. The highest BCUT2D eigenvalue weighted by atomic mass is 16.5. The lowest BCUT2D eigenvalue weighted by Gasteiger charge is -2.31. The van der Waals surface area contributed by atoms with Crippen LogP contribution in [-0.2, 0) is 17.8 Å². The van der Waals surface area contributed by atoms with Gasteiger partial charge in [0, 0.05) is 32.7 Å². The van der Waals surface area contributed by atoms with Gasteiger partial charge in [0.05, 0.1) is 18.4 Å². The Kier molecular flexibility index (Phi) is 8.63. The molecule has 0 aliphatic carbocycles. The number of aromatic hydroxyl groups is 1. The van der Waals surface area contributed by atoms with Crippen LogP contribution in [0.5, 0.6) is 17.2 Å². The van der Waals surface area contributed by atoms with Gasteiger partial charge in [0.15, 0.2) is 0 Å². The summed E-state index contributed by atoms with van der Waals surface area (Å²) in [5.74, 6) is 0.715. The second-order valence-corrected chi connectivity index (χ2v) is 9.58. The molecule has 0 radical (unpaired) electrons. The molecule has 1 N–H and O–H groups in total. The normalized spacial score (nSPS) is 12.9.